The lowest BCUT2D eigenvalue weighted by atomic mass is 9.92. The van der Waals surface area contributed by atoms with Crippen molar-refractivity contribution in [3.8, 4) is 5.69 Å². The highest BCUT2D eigenvalue weighted by molar-refractivity contribution is 5.94. The number of unbranched alkanes of at least 4 members (excludes halogenated alkanes) is 1. The number of aryl methyl sites for hydroxylation is 2. The minimum atomic E-state index is -0.267. The second-order valence-electron chi connectivity index (χ2n) is 8.30. The number of nitrogens with zero attached hydrogens (tertiary/aromatic N) is 2. The Morgan fingerprint density at radius 3 is 2.43 bits per heavy atom. The third-order valence-corrected chi connectivity index (χ3v) is 4.53. The van der Waals surface area contributed by atoms with Gasteiger partial charge in [0.1, 0.15) is 5.82 Å². The zero-order valence-corrected chi connectivity index (χ0v) is 17.8. The molecule has 0 bridgehead atoms. The Labute approximate surface area is 167 Å². The van der Waals surface area contributed by atoms with Gasteiger partial charge in [0, 0.05) is 17.9 Å². The average Bonchev–Trinajstić information content (AvgIpc) is 3.02. The lowest BCUT2D eigenvalue weighted by molar-refractivity contribution is -0.124. The van der Waals surface area contributed by atoms with Gasteiger partial charge in [-0.2, -0.15) is 5.10 Å². The Balaban J connectivity index is 2.24. The third kappa shape index (κ3) is 5.68. The zero-order chi connectivity index (χ0) is 20.9. The molecule has 1 aromatic heterocycles. The highest BCUT2D eigenvalue weighted by atomic mass is 16.2. The number of hydrogen-bond acceptors (Lipinski definition) is 3. The van der Waals surface area contributed by atoms with E-state index in [0.717, 1.165) is 29.8 Å². The molecule has 0 aliphatic carbocycles. The first-order valence-corrected chi connectivity index (χ1v) is 9.86. The van der Waals surface area contributed by atoms with E-state index in [0.29, 0.717) is 12.2 Å². The minimum Gasteiger partial charge on any atom is -0.347 e. The van der Waals surface area contributed by atoms with Crippen LogP contribution in [0, 0.1) is 13.8 Å². The summed E-state index contributed by atoms with van der Waals surface area (Å²) in [6.07, 6.45) is 2.21. The van der Waals surface area contributed by atoms with E-state index in [-0.39, 0.29) is 23.8 Å². The monoisotopic (exact) mass is 384 g/mol. The number of hydrogen-bond donors (Lipinski definition) is 2. The van der Waals surface area contributed by atoms with Crippen LogP contribution in [0.25, 0.3) is 5.69 Å². The second-order valence-corrected chi connectivity index (χ2v) is 8.30. The van der Waals surface area contributed by atoms with Crippen molar-refractivity contribution >= 4 is 17.6 Å². The van der Waals surface area contributed by atoms with Gasteiger partial charge in [-0.25, -0.2) is 4.68 Å². The van der Waals surface area contributed by atoms with E-state index in [1.54, 1.807) is 4.68 Å². The molecule has 0 radical (unpaired) electrons. The molecular formula is C22H32N4O2. The molecule has 2 N–H and O–H groups in total. The van der Waals surface area contributed by atoms with E-state index in [4.69, 9.17) is 5.10 Å². The van der Waals surface area contributed by atoms with Crippen LogP contribution in [-0.2, 0) is 15.0 Å². The summed E-state index contributed by atoms with van der Waals surface area (Å²) in [4.78, 5) is 24.2. The first kappa shape index (κ1) is 21.7. The van der Waals surface area contributed by atoms with Crippen LogP contribution in [0.3, 0.4) is 0 Å². The SMILES string of the molecule is CCCCC(=O)NCC(=O)Nc1cc(C(C)(C)C)nn1-c1ccc(C)cc1C. The summed E-state index contributed by atoms with van der Waals surface area (Å²) in [6.45, 7) is 12.3. The molecule has 2 aromatic rings. The smallest absolute Gasteiger partial charge is 0.244 e. The molecule has 0 unspecified atom stereocenters. The first-order chi connectivity index (χ1) is 13.1. The van der Waals surface area contributed by atoms with Crippen LogP contribution in [0.2, 0.25) is 0 Å². The average molecular weight is 385 g/mol. The van der Waals surface area contributed by atoms with Crippen LogP contribution >= 0.6 is 0 Å². The van der Waals surface area contributed by atoms with Crippen LogP contribution in [0.15, 0.2) is 24.3 Å². The molecule has 6 heteroatoms. The molecule has 1 aromatic carbocycles. The highest BCUT2D eigenvalue weighted by Gasteiger charge is 2.22. The molecule has 0 atom stereocenters. The molecule has 2 amide bonds. The maximum absolute atomic E-state index is 12.4. The standard InChI is InChI=1S/C22H32N4O2/c1-7-8-9-20(27)23-14-21(28)24-19-13-18(22(4,5)6)25-26(19)17-11-10-15(2)12-16(17)3/h10-13H,7-9,14H2,1-6H3,(H,23,27)(H,24,28). The summed E-state index contributed by atoms with van der Waals surface area (Å²) < 4.78 is 1.77. The van der Waals surface area contributed by atoms with Crippen molar-refractivity contribution < 1.29 is 9.59 Å². The Morgan fingerprint density at radius 2 is 1.82 bits per heavy atom. The second kappa shape index (κ2) is 9.04. The highest BCUT2D eigenvalue weighted by Crippen LogP contribution is 2.27. The van der Waals surface area contributed by atoms with E-state index >= 15 is 0 Å². The van der Waals surface area contributed by atoms with Crippen LogP contribution < -0.4 is 10.6 Å². The minimum absolute atomic E-state index is 0.0501. The predicted octanol–water partition coefficient (Wildman–Crippen LogP) is 4.03. The van der Waals surface area contributed by atoms with Crippen molar-refractivity contribution in [3.63, 3.8) is 0 Å². The number of nitrogens with one attached hydrogen (secondary N) is 2. The first-order valence-electron chi connectivity index (χ1n) is 9.86. The molecule has 0 saturated heterocycles. The van der Waals surface area contributed by atoms with Crippen molar-refractivity contribution in [1.82, 2.24) is 15.1 Å². The molecule has 0 fully saturated rings. The quantitative estimate of drug-likeness (QED) is 0.757. The Hall–Kier alpha value is -2.63. The summed E-state index contributed by atoms with van der Waals surface area (Å²) in [5, 5.41) is 10.3. The predicted molar refractivity (Wildman–Crippen MR) is 113 cm³/mol. The van der Waals surface area contributed by atoms with Gasteiger partial charge in [-0.15, -0.1) is 0 Å². The maximum atomic E-state index is 12.4. The molecule has 0 saturated carbocycles. The molecule has 28 heavy (non-hydrogen) atoms. The van der Waals surface area contributed by atoms with Crippen molar-refractivity contribution in [2.75, 3.05) is 11.9 Å². The number of aromatic nitrogens is 2. The molecule has 0 spiro atoms. The van der Waals surface area contributed by atoms with Gasteiger partial charge < -0.3 is 10.6 Å². The molecular weight excluding hydrogens is 352 g/mol. The molecule has 1 heterocycles. The van der Waals surface area contributed by atoms with Crippen molar-refractivity contribution in [3.05, 3.63) is 41.1 Å². The van der Waals surface area contributed by atoms with Gasteiger partial charge in [0.05, 0.1) is 17.9 Å². The third-order valence-electron chi connectivity index (χ3n) is 4.53. The normalized spacial score (nSPS) is 11.4. The summed E-state index contributed by atoms with van der Waals surface area (Å²) in [6, 6.07) is 8.02. The van der Waals surface area contributed by atoms with E-state index < -0.39 is 0 Å². The molecule has 0 aliphatic rings. The van der Waals surface area contributed by atoms with Gasteiger partial charge in [0.2, 0.25) is 11.8 Å². The Kier molecular flexibility index (Phi) is 7.00. The van der Waals surface area contributed by atoms with Crippen LogP contribution in [-0.4, -0.2) is 28.1 Å². The Morgan fingerprint density at radius 1 is 1.11 bits per heavy atom. The fraction of sp³-hybridized carbons (Fsp3) is 0.500. The number of carbonyl (C=O) groups is 2. The van der Waals surface area contributed by atoms with Crippen molar-refractivity contribution in [2.45, 2.75) is 66.2 Å². The van der Waals surface area contributed by atoms with Gasteiger partial charge >= 0.3 is 0 Å². The summed E-state index contributed by atoms with van der Waals surface area (Å²) >= 11 is 0. The summed E-state index contributed by atoms with van der Waals surface area (Å²) in [5.41, 5.74) is 3.90. The summed E-state index contributed by atoms with van der Waals surface area (Å²) in [7, 11) is 0. The lowest BCUT2D eigenvalue weighted by Gasteiger charge is -2.14. The van der Waals surface area contributed by atoms with E-state index in [1.807, 2.05) is 39.0 Å². The van der Waals surface area contributed by atoms with E-state index in [9.17, 15) is 9.59 Å². The van der Waals surface area contributed by atoms with Crippen LogP contribution in [0.5, 0.6) is 0 Å². The number of rotatable bonds is 7. The maximum Gasteiger partial charge on any atom is 0.244 e. The fourth-order valence-corrected chi connectivity index (χ4v) is 2.85. The van der Waals surface area contributed by atoms with Gasteiger partial charge in [-0.1, -0.05) is 51.8 Å². The van der Waals surface area contributed by atoms with Gasteiger partial charge in [0.25, 0.3) is 0 Å². The van der Waals surface area contributed by atoms with E-state index in [2.05, 4.69) is 37.5 Å². The fourth-order valence-electron chi connectivity index (χ4n) is 2.85. The largest absolute Gasteiger partial charge is 0.347 e. The Bertz CT molecular complexity index is 847. The molecule has 2 rings (SSSR count). The van der Waals surface area contributed by atoms with Crippen molar-refractivity contribution in [2.24, 2.45) is 0 Å². The summed E-state index contributed by atoms with van der Waals surface area (Å²) in [5.74, 6) is 0.233. The number of anilines is 1. The number of amides is 2. The van der Waals surface area contributed by atoms with Crippen molar-refractivity contribution in [1.29, 1.82) is 0 Å². The van der Waals surface area contributed by atoms with Gasteiger partial charge in [0.15, 0.2) is 0 Å². The van der Waals surface area contributed by atoms with E-state index in [1.165, 1.54) is 5.56 Å². The molecule has 0 aliphatic heterocycles. The molecule has 6 nitrogen and oxygen atoms in total. The molecule has 152 valence electrons. The zero-order valence-electron chi connectivity index (χ0n) is 17.8. The number of benzene rings is 1. The van der Waals surface area contributed by atoms with Gasteiger partial charge in [-0.3, -0.25) is 9.59 Å². The number of carbonyl (C=O) groups excluding carboxylic acids is 2. The van der Waals surface area contributed by atoms with Crippen LogP contribution in [0.4, 0.5) is 5.82 Å². The van der Waals surface area contributed by atoms with Gasteiger partial charge in [-0.05, 0) is 31.9 Å². The topological polar surface area (TPSA) is 76.0 Å². The van der Waals surface area contributed by atoms with Crippen LogP contribution in [0.1, 0.15) is 63.8 Å². The lowest BCUT2D eigenvalue weighted by Crippen LogP contribution is -2.33.